The molecule has 0 spiro atoms. The van der Waals surface area contributed by atoms with Crippen LogP contribution in [0.5, 0.6) is 34.5 Å². The molecule has 0 bridgehead atoms. The molecule has 1 heterocycles. The van der Waals surface area contributed by atoms with E-state index in [9.17, 15) is 4.79 Å². The third kappa shape index (κ3) is 7.68. The van der Waals surface area contributed by atoms with Gasteiger partial charge in [-0.2, -0.15) is 0 Å². The second-order valence-corrected chi connectivity index (χ2v) is 12.3. The van der Waals surface area contributed by atoms with Crippen LogP contribution in [0, 0.1) is 0 Å². The maximum absolute atomic E-state index is 13.1. The fraction of sp³-hybridized carbons (Fsp3) is 0.140. The highest BCUT2D eigenvalue weighted by atomic mass is 35.5. The van der Waals surface area contributed by atoms with E-state index in [1.54, 1.807) is 12.1 Å². The standard InChI is InChI=1S/C43H35ClO8/c1-46-27-50-41-35(23-45)40(43-42(51-28-52-43)39(41)32-17-19-33(20-18-32)47-24-29-11-5-2-6-12-29)34-21-37(48-25-30-13-7-3-8-14-30)38(22-36(34)44)49-26-31-15-9-4-10-16-31/h2-23H,24-28H2,1H3. The molecule has 0 fully saturated rings. The Labute approximate surface area is 307 Å². The Balaban J connectivity index is 1.30. The number of carbonyl (C=O) groups is 1. The lowest BCUT2D eigenvalue weighted by Crippen LogP contribution is -2.06. The smallest absolute Gasteiger partial charge is 0.231 e. The van der Waals surface area contributed by atoms with Crippen molar-refractivity contribution >= 4 is 17.9 Å². The van der Waals surface area contributed by atoms with Gasteiger partial charge in [-0.1, -0.05) is 115 Å². The maximum atomic E-state index is 13.1. The van der Waals surface area contributed by atoms with Gasteiger partial charge in [-0.25, -0.2) is 0 Å². The van der Waals surface area contributed by atoms with Crippen LogP contribution in [0.25, 0.3) is 22.3 Å². The van der Waals surface area contributed by atoms with Crippen molar-refractivity contribution < 1.29 is 38.0 Å². The molecule has 9 heteroatoms. The minimum Gasteiger partial charge on any atom is -0.489 e. The summed E-state index contributed by atoms with van der Waals surface area (Å²) in [5, 5.41) is 0.307. The minimum atomic E-state index is -0.128. The van der Waals surface area contributed by atoms with Crippen molar-refractivity contribution in [3.63, 3.8) is 0 Å². The van der Waals surface area contributed by atoms with E-state index >= 15 is 0 Å². The summed E-state index contributed by atoms with van der Waals surface area (Å²) in [7, 11) is 1.51. The number of methoxy groups -OCH3 is 1. The van der Waals surface area contributed by atoms with Crippen molar-refractivity contribution in [2.24, 2.45) is 0 Å². The molecule has 0 aromatic heterocycles. The fourth-order valence-corrected chi connectivity index (χ4v) is 6.16. The molecule has 0 aliphatic carbocycles. The number of hydrogen-bond donors (Lipinski definition) is 0. The van der Waals surface area contributed by atoms with Gasteiger partial charge >= 0.3 is 0 Å². The van der Waals surface area contributed by atoms with Crippen LogP contribution < -0.4 is 28.4 Å². The topological polar surface area (TPSA) is 81.7 Å². The lowest BCUT2D eigenvalue weighted by atomic mass is 9.91. The summed E-state index contributed by atoms with van der Waals surface area (Å²) in [5.41, 5.74) is 5.32. The Morgan fingerprint density at radius 1 is 0.635 bits per heavy atom. The zero-order chi connectivity index (χ0) is 35.7. The zero-order valence-electron chi connectivity index (χ0n) is 28.4. The first-order valence-electron chi connectivity index (χ1n) is 16.6. The lowest BCUT2D eigenvalue weighted by Gasteiger charge is -2.21. The van der Waals surface area contributed by atoms with E-state index in [4.69, 9.17) is 44.8 Å². The molecular weight excluding hydrogens is 680 g/mol. The third-order valence-corrected chi connectivity index (χ3v) is 8.73. The summed E-state index contributed by atoms with van der Waals surface area (Å²) in [5.74, 6) is 2.55. The number of hydrogen-bond acceptors (Lipinski definition) is 8. The lowest BCUT2D eigenvalue weighted by molar-refractivity contribution is 0.0509. The number of fused-ring (bicyclic) bond motifs is 1. The molecule has 0 saturated carbocycles. The molecule has 7 rings (SSSR count). The van der Waals surface area contributed by atoms with Crippen LogP contribution in [0.4, 0.5) is 0 Å². The first-order valence-corrected chi connectivity index (χ1v) is 17.0. The van der Waals surface area contributed by atoms with Gasteiger partial charge in [0, 0.05) is 24.3 Å². The number of carbonyl (C=O) groups excluding carboxylic acids is 1. The van der Waals surface area contributed by atoms with Crippen LogP contribution in [-0.4, -0.2) is 27.0 Å². The molecule has 0 atom stereocenters. The van der Waals surface area contributed by atoms with Crippen molar-refractivity contribution in [1.82, 2.24) is 0 Å². The summed E-state index contributed by atoms with van der Waals surface area (Å²) >= 11 is 7.04. The van der Waals surface area contributed by atoms with Crippen molar-refractivity contribution in [3.8, 4) is 56.8 Å². The average molecular weight is 715 g/mol. The Morgan fingerprint density at radius 3 is 1.69 bits per heavy atom. The number of aldehydes is 1. The first kappa shape index (κ1) is 34.5. The van der Waals surface area contributed by atoms with Crippen LogP contribution >= 0.6 is 11.6 Å². The maximum Gasteiger partial charge on any atom is 0.231 e. The van der Waals surface area contributed by atoms with Crippen LogP contribution in [0.3, 0.4) is 0 Å². The van der Waals surface area contributed by atoms with Crippen molar-refractivity contribution in [2.45, 2.75) is 19.8 Å². The number of rotatable bonds is 15. The Bertz CT molecular complexity index is 2120. The quantitative estimate of drug-likeness (QED) is 0.0768. The van der Waals surface area contributed by atoms with E-state index in [2.05, 4.69) is 0 Å². The SMILES string of the molecule is COCOc1c(C=O)c(-c2cc(OCc3ccccc3)c(OCc3ccccc3)cc2Cl)c2c(c1-c1ccc(OCc3ccccc3)cc1)OCO2. The van der Waals surface area contributed by atoms with E-state index in [1.807, 2.05) is 115 Å². The van der Waals surface area contributed by atoms with Gasteiger partial charge in [0.2, 0.25) is 6.79 Å². The molecular formula is C43H35ClO8. The Hall–Kier alpha value is -5.96. The minimum absolute atomic E-state index is 0.0765. The summed E-state index contributed by atoms with van der Waals surface area (Å²) < 4.78 is 42.3. The summed E-state index contributed by atoms with van der Waals surface area (Å²) in [6, 6.07) is 40.5. The van der Waals surface area contributed by atoms with Crippen LogP contribution in [0.15, 0.2) is 127 Å². The predicted molar refractivity (Wildman–Crippen MR) is 199 cm³/mol. The highest BCUT2D eigenvalue weighted by molar-refractivity contribution is 6.34. The Kier molecular flexibility index (Phi) is 10.9. The molecule has 8 nitrogen and oxygen atoms in total. The van der Waals surface area contributed by atoms with Crippen LogP contribution in [-0.2, 0) is 24.6 Å². The molecule has 0 amide bonds. The van der Waals surface area contributed by atoms with Gasteiger partial charge in [0.15, 0.2) is 36.1 Å². The molecule has 262 valence electrons. The van der Waals surface area contributed by atoms with Gasteiger partial charge in [-0.15, -0.1) is 0 Å². The predicted octanol–water partition coefficient (Wildman–Crippen LogP) is 9.93. The number of halogens is 1. The molecule has 1 aliphatic rings. The molecule has 0 saturated heterocycles. The van der Waals surface area contributed by atoms with E-state index in [-0.39, 0.29) is 31.5 Å². The van der Waals surface area contributed by atoms with Crippen LogP contribution in [0.1, 0.15) is 27.0 Å². The second-order valence-electron chi connectivity index (χ2n) is 11.9. The molecule has 0 radical (unpaired) electrons. The number of benzene rings is 6. The van der Waals surface area contributed by atoms with Gasteiger partial charge in [0.05, 0.1) is 16.1 Å². The fourth-order valence-electron chi connectivity index (χ4n) is 5.91. The van der Waals surface area contributed by atoms with Gasteiger partial charge < -0.3 is 33.2 Å². The highest BCUT2D eigenvalue weighted by Crippen LogP contribution is 2.56. The van der Waals surface area contributed by atoms with E-state index in [1.165, 1.54) is 7.11 Å². The molecule has 0 N–H and O–H groups in total. The molecule has 0 unspecified atom stereocenters. The third-order valence-electron chi connectivity index (χ3n) is 8.42. The van der Waals surface area contributed by atoms with Gasteiger partial charge in [-0.05, 0) is 40.5 Å². The van der Waals surface area contributed by atoms with Gasteiger partial charge in [0.1, 0.15) is 31.3 Å². The van der Waals surface area contributed by atoms with Crippen LogP contribution in [0.2, 0.25) is 5.02 Å². The monoisotopic (exact) mass is 714 g/mol. The largest absolute Gasteiger partial charge is 0.489 e. The normalized spacial score (nSPS) is 11.6. The van der Waals surface area contributed by atoms with Crippen molar-refractivity contribution in [3.05, 3.63) is 155 Å². The summed E-state index contributed by atoms with van der Waals surface area (Å²) in [6.45, 7) is 0.786. The highest BCUT2D eigenvalue weighted by Gasteiger charge is 2.33. The van der Waals surface area contributed by atoms with E-state index in [0.717, 1.165) is 28.5 Å². The number of ether oxygens (including phenoxy) is 7. The zero-order valence-corrected chi connectivity index (χ0v) is 29.1. The van der Waals surface area contributed by atoms with E-state index in [0.29, 0.717) is 63.7 Å². The summed E-state index contributed by atoms with van der Waals surface area (Å²) in [6.07, 6.45) is 0.726. The molecule has 6 aromatic carbocycles. The molecule has 6 aromatic rings. The van der Waals surface area contributed by atoms with Gasteiger partial charge in [-0.3, -0.25) is 4.79 Å². The van der Waals surface area contributed by atoms with E-state index < -0.39 is 0 Å². The van der Waals surface area contributed by atoms with Crippen molar-refractivity contribution in [2.75, 3.05) is 20.7 Å². The molecule has 1 aliphatic heterocycles. The second kappa shape index (κ2) is 16.4. The average Bonchev–Trinajstić information content (AvgIpc) is 3.68. The Morgan fingerprint density at radius 2 is 1.15 bits per heavy atom. The van der Waals surface area contributed by atoms with Crippen molar-refractivity contribution in [1.29, 1.82) is 0 Å². The first-order chi connectivity index (χ1) is 25.6. The molecule has 52 heavy (non-hydrogen) atoms. The van der Waals surface area contributed by atoms with Gasteiger partial charge in [0.25, 0.3) is 0 Å². The summed E-state index contributed by atoms with van der Waals surface area (Å²) in [4.78, 5) is 13.1.